The molecule has 2 aromatic heterocycles. The molecule has 128 valence electrons. The zero-order chi connectivity index (χ0) is 16.7. The third-order valence-corrected chi connectivity index (χ3v) is 6.65. The Morgan fingerprint density at radius 1 is 1.38 bits per heavy atom. The lowest BCUT2D eigenvalue weighted by Gasteiger charge is -2.37. The third kappa shape index (κ3) is 3.00. The van der Waals surface area contributed by atoms with Crippen LogP contribution in [0.4, 0.5) is 0 Å². The molecule has 1 atom stereocenters. The molecule has 3 heterocycles. The number of aromatic nitrogens is 1. The second kappa shape index (κ2) is 6.01. The number of carbonyl (C=O) groups excluding carboxylic acids is 1. The van der Waals surface area contributed by atoms with E-state index in [1.54, 1.807) is 6.07 Å². The van der Waals surface area contributed by atoms with E-state index in [1.165, 1.54) is 43.7 Å². The molecular formula is C18H23N3O2S. The molecule has 0 radical (unpaired) electrons. The van der Waals surface area contributed by atoms with Crippen molar-refractivity contribution in [3.63, 3.8) is 0 Å². The molecule has 1 aliphatic heterocycles. The predicted octanol–water partition coefficient (Wildman–Crippen LogP) is 3.04. The van der Waals surface area contributed by atoms with E-state index in [0.29, 0.717) is 16.2 Å². The largest absolute Gasteiger partial charge is 0.474 e. The average molecular weight is 345 g/mol. The molecule has 1 unspecified atom stereocenters. The van der Waals surface area contributed by atoms with Crippen molar-refractivity contribution in [3.05, 3.63) is 23.1 Å². The summed E-state index contributed by atoms with van der Waals surface area (Å²) >= 11 is 1.33. The fourth-order valence-electron chi connectivity index (χ4n) is 4.06. The molecule has 4 rings (SSSR count). The van der Waals surface area contributed by atoms with Crippen LogP contribution in [0.3, 0.4) is 0 Å². The Morgan fingerprint density at radius 2 is 2.17 bits per heavy atom. The molecule has 1 aliphatic carbocycles. The zero-order valence-corrected chi connectivity index (χ0v) is 14.8. The number of nitrogens with two attached hydrogens (primary N) is 1. The summed E-state index contributed by atoms with van der Waals surface area (Å²) in [5.74, 6) is 0.260. The van der Waals surface area contributed by atoms with Crippen molar-refractivity contribution in [3.8, 4) is 5.88 Å². The van der Waals surface area contributed by atoms with Crippen molar-refractivity contribution in [1.82, 2.24) is 9.88 Å². The first-order valence-corrected chi connectivity index (χ1v) is 9.40. The number of nitrogens with zero attached hydrogens (tertiary/aromatic N) is 2. The Kier molecular flexibility index (Phi) is 3.96. The number of hydrogen-bond acceptors (Lipinski definition) is 5. The minimum Gasteiger partial charge on any atom is -0.474 e. The quantitative estimate of drug-likeness (QED) is 0.928. The van der Waals surface area contributed by atoms with Gasteiger partial charge in [0.1, 0.15) is 10.9 Å². The molecule has 2 fully saturated rings. The van der Waals surface area contributed by atoms with Gasteiger partial charge in [0, 0.05) is 11.5 Å². The molecule has 5 nitrogen and oxygen atoms in total. The first kappa shape index (κ1) is 15.8. The van der Waals surface area contributed by atoms with E-state index in [-0.39, 0.29) is 6.10 Å². The highest BCUT2D eigenvalue weighted by Gasteiger charge is 2.41. The molecule has 1 saturated heterocycles. The number of amides is 1. The van der Waals surface area contributed by atoms with Gasteiger partial charge >= 0.3 is 0 Å². The van der Waals surface area contributed by atoms with Crippen LogP contribution in [0.2, 0.25) is 0 Å². The second-order valence-electron chi connectivity index (χ2n) is 7.30. The molecule has 0 aromatic carbocycles. The molecule has 2 N–H and O–H groups in total. The number of fused-ring (bicyclic) bond motifs is 1. The molecule has 6 heteroatoms. The topological polar surface area (TPSA) is 68.5 Å². The lowest BCUT2D eigenvalue weighted by molar-refractivity contribution is 0.100. The Labute approximate surface area is 145 Å². The SMILES string of the molecule is CN1CCC2(CCC(Oc3ccc4cc(C(N)=O)sc4n3)C2)CC1. The van der Waals surface area contributed by atoms with Gasteiger partial charge in [-0.15, -0.1) is 11.3 Å². The molecule has 1 saturated carbocycles. The van der Waals surface area contributed by atoms with Crippen molar-refractivity contribution >= 4 is 27.5 Å². The van der Waals surface area contributed by atoms with Crippen molar-refractivity contribution in [2.75, 3.05) is 20.1 Å². The van der Waals surface area contributed by atoms with Gasteiger partial charge in [-0.2, -0.15) is 0 Å². The zero-order valence-electron chi connectivity index (χ0n) is 14.0. The number of primary amides is 1. The Balaban J connectivity index is 1.46. The van der Waals surface area contributed by atoms with E-state index in [1.807, 2.05) is 12.1 Å². The smallest absolute Gasteiger partial charge is 0.258 e. The lowest BCUT2D eigenvalue weighted by atomic mass is 9.77. The van der Waals surface area contributed by atoms with Crippen molar-refractivity contribution in [2.24, 2.45) is 11.1 Å². The van der Waals surface area contributed by atoms with Crippen LogP contribution in [0.25, 0.3) is 10.2 Å². The highest BCUT2D eigenvalue weighted by atomic mass is 32.1. The molecule has 1 amide bonds. The highest BCUT2D eigenvalue weighted by molar-refractivity contribution is 7.20. The summed E-state index contributed by atoms with van der Waals surface area (Å²) in [5.41, 5.74) is 5.82. The van der Waals surface area contributed by atoms with Crippen LogP contribution in [0.5, 0.6) is 5.88 Å². The molecular weight excluding hydrogens is 322 g/mol. The maximum Gasteiger partial charge on any atom is 0.258 e. The maximum absolute atomic E-state index is 11.3. The number of carbonyl (C=O) groups is 1. The van der Waals surface area contributed by atoms with Crippen LogP contribution in [0.15, 0.2) is 18.2 Å². The Hall–Kier alpha value is -1.66. The summed E-state index contributed by atoms with van der Waals surface area (Å²) in [6.07, 6.45) is 6.33. The van der Waals surface area contributed by atoms with Crippen LogP contribution in [-0.2, 0) is 0 Å². The minimum absolute atomic E-state index is 0.258. The Bertz CT molecular complexity index is 765. The summed E-state index contributed by atoms with van der Waals surface area (Å²) in [6, 6.07) is 5.66. The van der Waals surface area contributed by atoms with Crippen molar-refractivity contribution < 1.29 is 9.53 Å². The maximum atomic E-state index is 11.3. The van der Waals surface area contributed by atoms with Crippen LogP contribution in [0.1, 0.15) is 41.8 Å². The summed E-state index contributed by atoms with van der Waals surface area (Å²) in [4.78, 5) is 19.6. The number of thiophene rings is 1. The second-order valence-corrected chi connectivity index (χ2v) is 8.34. The van der Waals surface area contributed by atoms with Gasteiger partial charge in [-0.3, -0.25) is 4.79 Å². The van der Waals surface area contributed by atoms with E-state index in [9.17, 15) is 4.79 Å². The van der Waals surface area contributed by atoms with Gasteiger partial charge in [-0.25, -0.2) is 4.98 Å². The van der Waals surface area contributed by atoms with Crippen molar-refractivity contribution in [2.45, 2.75) is 38.2 Å². The third-order valence-electron chi connectivity index (χ3n) is 5.59. The van der Waals surface area contributed by atoms with E-state index >= 15 is 0 Å². The van der Waals surface area contributed by atoms with Crippen LogP contribution < -0.4 is 10.5 Å². The van der Waals surface area contributed by atoms with Gasteiger partial charge in [0.15, 0.2) is 0 Å². The summed E-state index contributed by atoms with van der Waals surface area (Å²) in [5, 5.41) is 0.944. The fourth-order valence-corrected chi connectivity index (χ4v) is 4.94. The van der Waals surface area contributed by atoms with Gasteiger partial charge < -0.3 is 15.4 Å². The van der Waals surface area contributed by atoms with Crippen LogP contribution in [0, 0.1) is 5.41 Å². The lowest BCUT2D eigenvalue weighted by Crippen LogP contribution is -2.37. The van der Waals surface area contributed by atoms with Gasteiger partial charge in [0.25, 0.3) is 5.91 Å². The van der Waals surface area contributed by atoms with Gasteiger partial charge in [-0.05, 0) is 69.8 Å². The molecule has 1 spiro atoms. The summed E-state index contributed by atoms with van der Waals surface area (Å²) in [6.45, 7) is 2.39. The first-order valence-electron chi connectivity index (χ1n) is 8.59. The van der Waals surface area contributed by atoms with Gasteiger partial charge in [0.05, 0.1) is 4.88 Å². The number of rotatable bonds is 3. The average Bonchev–Trinajstić information content (AvgIpc) is 3.15. The number of hydrogen-bond donors (Lipinski definition) is 1. The monoisotopic (exact) mass is 345 g/mol. The van der Waals surface area contributed by atoms with Gasteiger partial charge in [-0.1, -0.05) is 0 Å². The number of pyridine rings is 1. The number of likely N-dealkylation sites (tertiary alicyclic amines) is 1. The Morgan fingerprint density at radius 3 is 2.92 bits per heavy atom. The van der Waals surface area contributed by atoms with Crippen LogP contribution in [-0.4, -0.2) is 42.0 Å². The first-order chi connectivity index (χ1) is 11.5. The van der Waals surface area contributed by atoms with Crippen molar-refractivity contribution in [1.29, 1.82) is 0 Å². The molecule has 2 aliphatic rings. The summed E-state index contributed by atoms with van der Waals surface area (Å²) in [7, 11) is 2.20. The normalized spacial score (nSPS) is 23.8. The van der Waals surface area contributed by atoms with Gasteiger partial charge in [0.2, 0.25) is 5.88 Å². The molecule has 2 aromatic rings. The minimum atomic E-state index is -0.402. The predicted molar refractivity (Wildman–Crippen MR) is 95.6 cm³/mol. The molecule has 0 bridgehead atoms. The standard InChI is InChI=1S/C18H23N3O2S/c1-21-8-6-18(7-9-21)5-4-13(11-18)23-15-3-2-12-10-14(16(19)22)24-17(12)20-15/h2-3,10,13H,4-9,11H2,1H3,(H2,19,22). The van der Waals surface area contributed by atoms with E-state index in [4.69, 9.17) is 10.5 Å². The summed E-state index contributed by atoms with van der Waals surface area (Å²) < 4.78 is 6.17. The molecule has 24 heavy (non-hydrogen) atoms. The van der Waals surface area contributed by atoms with E-state index in [0.717, 1.165) is 23.1 Å². The highest BCUT2D eigenvalue weighted by Crippen LogP contribution is 2.47. The van der Waals surface area contributed by atoms with E-state index < -0.39 is 5.91 Å². The van der Waals surface area contributed by atoms with Crippen LogP contribution >= 0.6 is 11.3 Å². The number of piperidine rings is 1. The fraction of sp³-hybridized carbons (Fsp3) is 0.556. The number of ether oxygens (including phenoxy) is 1. The van der Waals surface area contributed by atoms with E-state index in [2.05, 4.69) is 16.9 Å².